The fourth-order valence-electron chi connectivity index (χ4n) is 8.50. The number of ether oxygens (including phenoxy) is 3. The number of piperazine rings is 1. The number of nitro groups is 1. The lowest BCUT2D eigenvalue weighted by Gasteiger charge is -2.47. The molecule has 0 bridgehead atoms. The number of rotatable bonds is 16. The quantitative estimate of drug-likeness (QED) is 0.0574. The van der Waals surface area contributed by atoms with Crippen molar-refractivity contribution in [2.75, 3.05) is 64.6 Å². The zero-order valence-electron chi connectivity index (χ0n) is 33.4. The molecule has 15 nitrogen and oxygen atoms in total. The molecule has 316 valence electrons. The van der Waals surface area contributed by atoms with Gasteiger partial charge in [0.25, 0.3) is 15.9 Å². The molecule has 4 heterocycles. The summed E-state index contributed by atoms with van der Waals surface area (Å²) in [5.41, 5.74) is 6.13. The number of carbonyl (C=O) groups is 1. The van der Waals surface area contributed by atoms with E-state index in [1.165, 1.54) is 61.8 Å². The van der Waals surface area contributed by atoms with E-state index in [1.807, 2.05) is 18.2 Å². The lowest BCUT2D eigenvalue weighted by atomic mass is 9.59. The van der Waals surface area contributed by atoms with Crippen molar-refractivity contribution in [2.24, 2.45) is 5.41 Å². The summed E-state index contributed by atoms with van der Waals surface area (Å²) in [7, 11) is -3.03. The number of pyridine rings is 1. The SMILES string of the molecule is COCCOCCn1cc(S(=O)(=O)NC(=O)c2ccc(N3CCN(CC4=C(c5ccc(Cl)cc5)CC5(CCC5)CC4)CC3)cc2Oc2cnc3[nH]ccc3c2)cc1[N+](=O)[O-]. The first kappa shape index (κ1) is 41.5. The van der Waals surface area contributed by atoms with Crippen LogP contribution in [-0.4, -0.2) is 98.3 Å². The molecule has 0 radical (unpaired) electrons. The van der Waals surface area contributed by atoms with E-state index >= 15 is 0 Å². The highest BCUT2D eigenvalue weighted by Gasteiger charge is 2.41. The summed E-state index contributed by atoms with van der Waals surface area (Å²) in [5.74, 6) is -0.946. The molecule has 2 fully saturated rings. The monoisotopic (exact) mass is 857 g/mol. The van der Waals surface area contributed by atoms with Crippen LogP contribution in [0.25, 0.3) is 16.6 Å². The summed E-state index contributed by atoms with van der Waals surface area (Å²) in [6.07, 6.45) is 11.8. The van der Waals surface area contributed by atoms with Gasteiger partial charge in [-0.25, -0.2) is 22.7 Å². The molecule has 60 heavy (non-hydrogen) atoms. The number of allylic oxidation sites excluding steroid dienone is 1. The van der Waals surface area contributed by atoms with E-state index < -0.39 is 31.6 Å². The third-order valence-corrected chi connectivity index (χ3v) is 13.5. The van der Waals surface area contributed by atoms with Crippen LogP contribution >= 0.6 is 11.6 Å². The number of anilines is 1. The Bertz CT molecular complexity index is 2510. The van der Waals surface area contributed by atoms with Gasteiger partial charge in [-0.2, -0.15) is 0 Å². The van der Waals surface area contributed by atoms with E-state index in [9.17, 15) is 23.3 Å². The second kappa shape index (κ2) is 17.8. The number of sulfonamides is 1. The van der Waals surface area contributed by atoms with Crippen LogP contribution in [0.5, 0.6) is 11.5 Å². The zero-order valence-corrected chi connectivity index (χ0v) is 35.0. The van der Waals surface area contributed by atoms with Crippen LogP contribution in [-0.2, 0) is 26.0 Å². The topological polar surface area (TPSA) is 174 Å². The first-order chi connectivity index (χ1) is 29.0. The number of aromatic nitrogens is 3. The van der Waals surface area contributed by atoms with Gasteiger partial charge in [-0.15, -0.1) is 0 Å². The highest BCUT2D eigenvalue weighted by molar-refractivity contribution is 7.90. The van der Waals surface area contributed by atoms with Gasteiger partial charge in [0.2, 0.25) is 0 Å². The number of hydrogen-bond acceptors (Lipinski definition) is 11. The van der Waals surface area contributed by atoms with E-state index in [-0.39, 0.29) is 31.1 Å². The van der Waals surface area contributed by atoms with Crippen LogP contribution in [0.15, 0.2) is 89.7 Å². The number of hydrogen-bond donors (Lipinski definition) is 2. The maximum atomic E-state index is 13.8. The van der Waals surface area contributed by atoms with Crippen LogP contribution in [0.1, 0.15) is 54.4 Å². The Balaban J connectivity index is 0.999. The summed E-state index contributed by atoms with van der Waals surface area (Å²) < 4.78 is 47.0. The molecule has 0 unspecified atom stereocenters. The molecule has 1 spiro atoms. The normalized spacial score (nSPS) is 16.9. The fraction of sp³-hybridized carbons (Fsp3) is 0.395. The van der Waals surface area contributed by atoms with Crippen molar-refractivity contribution >= 4 is 55.6 Å². The van der Waals surface area contributed by atoms with Crippen LogP contribution in [0.4, 0.5) is 11.5 Å². The van der Waals surface area contributed by atoms with Gasteiger partial charge in [-0.3, -0.25) is 9.69 Å². The molecule has 1 amide bonds. The van der Waals surface area contributed by atoms with Gasteiger partial charge in [0, 0.05) is 68.2 Å². The number of benzene rings is 2. The summed E-state index contributed by atoms with van der Waals surface area (Å²) in [6, 6.07) is 17.9. The molecule has 1 saturated carbocycles. The molecule has 2 aromatic carbocycles. The molecular formula is C43H48ClN7O8S. The number of nitrogens with zero attached hydrogens (tertiary/aromatic N) is 5. The second-order valence-corrected chi connectivity index (χ2v) is 17.9. The van der Waals surface area contributed by atoms with Gasteiger partial charge in [-0.1, -0.05) is 35.7 Å². The molecular weight excluding hydrogens is 810 g/mol. The number of aromatic amines is 1. The predicted octanol–water partition coefficient (Wildman–Crippen LogP) is 7.43. The third kappa shape index (κ3) is 9.22. The van der Waals surface area contributed by atoms with E-state index in [0.29, 0.717) is 23.4 Å². The van der Waals surface area contributed by atoms with E-state index in [2.05, 4.69) is 36.6 Å². The van der Waals surface area contributed by atoms with Gasteiger partial charge in [0.05, 0.1) is 37.6 Å². The maximum absolute atomic E-state index is 13.8. The van der Waals surface area contributed by atoms with Crippen LogP contribution in [0.2, 0.25) is 5.02 Å². The van der Waals surface area contributed by atoms with Crippen molar-refractivity contribution in [3.05, 3.63) is 111 Å². The van der Waals surface area contributed by atoms with Gasteiger partial charge in [0.15, 0.2) is 0 Å². The average Bonchev–Trinajstić information content (AvgIpc) is 3.89. The van der Waals surface area contributed by atoms with Gasteiger partial charge in [0.1, 0.15) is 34.8 Å². The number of halogens is 1. The minimum Gasteiger partial charge on any atom is -0.455 e. The average molecular weight is 858 g/mol. The highest BCUT2D eigenvalue weighted by atomic mass is 35.5. The minimum atomic E-state index is -4.55. The number of nitrogens with one attached hydrogen (secondary N) is 2. The summed E-state index contributed by atoms with van der Waals surface area (Å²) >= 11 is 6.27. The number of carbonyl (C=O) groups excluding carboxylic acids is 1. The molecule has 3 aliphatic rings. The second-order valence-electron chi connectivity index (χ2n) is 15.8. The molecule has 5 aromatic rings. The number of amides is 1. The smallest absolute Gasteiger partial charge is 0.324 e. The van der Waals surface area contributed by atoms with Gasteiger partial charge < -0.3 is 34.2 Å². The Morgan fingerprint density at radius 1 is 1.02 bits per heavy atom. The Morgan fingerprint density at radius 3 is 2.55 bits per heavy atom. The van der Waals surface area contributed by atoms with Gasteiger partial charge in [-0.05, 0) is 90.0 Å². The lowest BCUT2D eigenvalue weighted by Crippen LogP contribution is -2.47. The molecule has 1 saturated heterocycles. The Hall–Kier alpha value is -5.26. The largest absolute Gasteiger partial charge is 0.455 e. The summed E-state index contributed by atoms with van der Waals surface area (Å²) in [5, 5.41) is 13.3. The molecule has 3 aromatic heterocycles. The van der Waals surface area contributed by atoms with Crippen molar-refractivity contribution in [3.8, 4) is 11.5 Å². The Kier molecular flexibility index (Phi) is 12.3. The fourth-order valence-corrected chi connectivity index (χ4v) is 9.63. The number of H-pyrrole nitrogens is 1. The predicted molar refractivity (Wildman–Crippen MR) is 228 cm³/mol. The van der Waals surface area contributed by atoms with Crippen molar-refractivity contribution in [1.82, 2.24) is 24.2 Å². The molecule has 2 N–H and O–H groups in total. The highest BCUT2D eigenvalue weighted by Crippen LogP contribution is 2.55. The lowest BCUT2D eigenvalue weighted by molar-refractivity contribution is -0.392. The first-order valence-electron chi connectivity index (χ1n) is 20.2. The van der Waals surface area contributed by atoms with E-state index in [0.717, 1.165) is 78.5 Å². The van der Waals surface area contributed by atoms with Crippen LogP contribution in [0, 0.1) is 15.5 Å². The Labute approximate surface area is 353 Å². The van der Waals surface area contributed by atoms with E-state index in [1.54, 1.807) is 24.4 Å². The number of fused-ring (bicyclic) bond motifs is 1. The Morgan fingerprint density at radius 2 is 1.82 bits per heavy atom. The van der Waals surface area contributed by atoms with Crippen LogP contribution < -0.4 is 14.4 Å². The van der Waals surface area contributed by atoms with Crippen molar-refractivity contribution < 1.29 is 32.3 Å². The minimum absolute atomic E-state index is 0.0136. The molecule has 0 atom stereocenters. The molecule has 2 aliphatic carbocycles. The van der Waals surface area contributed by atoms with Crippen LogP contribution in [0.3, 0.4) is 0 Å². The molecule has 8 rings (SSSR count). The molecule has 17 heteroatoms. The van der Waals surface area contributed by atoms with Crippen molar-refractivity contribution in [2.45, 2.75) is 50.0 Å². The first-order valence-corrected chi connectivity index (χ1v) is 22.0. The zero-order chi connectivity index (χ0) is 41.9. The summed E-state index contributed by atoms with van der Waals surface area (Å²) in [6.45, 7) is 4.75. The van der Waals surface area contributed by atoms with Crippen molar-refractivity contribution in [1.29, 1.82) is 0 Å². The third-order valence-electron chi connectivity index (χ3n) is 12.0. The number of methoxy groups -OCH3 is 1. The van der Waals surface area contributed by atoms with E-state index in [4.69, 9.17) is 25.8 Å². The van der Waals surface area contributed by atoms with Crippen molar-refractivity contribution in [3.63, 3.8) is 0 Å². The standard InChI is InChI=1S/C43H48ClN7O8S/c1-57-21-22-58-20-19-50-29-36(25-40(50)51(53)54)60(55,56)47-42(52)37-8-7-34(24-39(37)59-35-23-31-10-14-45-41(31)46-27-35)49-17-15-48(16-18-49)28-32-9-13-43(11-2-12-43)26-38(32)30-3-5-33(44)6-4-30/h3-8,10,14,23-25,27,29H,2,9,11-13,15-22,26,28H2,1H3,(H,45,46)(H,47,52). The summed E-state index contributed by atoms with van der Waals surface area (Å²) in [4.78, 5) is 36.7. The van der Waals surface area contributed by atoms with Gasteiger partial charge >= 0.3 is 5.82 Å². The molecule has 1 aliphatic heterocycles. The maximum Gasteiger partial charge on any atom is 0.324 e.